The van der Waals surface area contributed by atoms with Crippen LogP contribution in [0.4, 0.5) is 0 Å². The zero-order chi connectivity index (χ0) is 23.5. The highest BCUT2D eigenvalue weighted by atomic mass is 15.3. The summed E-state index contributed by atoms with van der Waals surface area (Å²) < 4.78 is 0. The molecule has 3 unspecified atom stereocenters. The van der Waals surface area contributed by atoms with Gasteiger partial charge in [-0.2, -0.15) is 0 Å². The molecule has 5 heteroatoms. The van der Waals surface area contributed by atoms with E-state index >= 15 is 0 Å². The molecular weight excluding hydrogens is 406 g/mol. The molecule has 2 aromatic rings. The smallest absolute Gasteiger partial charge is 0.0981 e. The van der Waals surface area contributed by atoms with Gasteiger partial charge >= 0.3 is 0 Å². The van der Waals surface area contributed by atoms with Gasteiger partial charge < -0.3 is 20.1 Å². The van der Waals surface area contributed by atoms with Crippen LogP contribution in [-0.4, -0.2) is 72.5 Å². The third-order valence-corrected chi connectivity index (χ3v) is 7.45. The third-order valence-electron chi connectivity index (χ3n) is 7.45. The zero-order valence-electron chi connectivity index (χ0n) is 20.7. The maximum atomic E-state index is 4.65. The monoisotopic (exact) mass is 447 g/mol. The Bertz CT molecular complexity index is 1000. The van der Waals surface area contributed by atoms with Crippen molar-refractivity contribution in [2.24, 2.45) is 5.92 Å². The summed E-state index contributed by atoms with van der Waals surface area (Å²) in [6, 6.07) is 7.27. The lowest BCUT2D eigenvalue weighted by Gasteiger charge is -2.48. The minimum atomic E-state index is 0.386. The van der Waals surface area contributed by atoms with E-state index < -0.39 is 0 Å². The quantitative estimate of drug-likeness (QED) is 0.496. The first-order chi connectivity index (χ1) is 15.9. The summed E-state index contributed by atoms with van der Waals surface area (Å²) in [6.45, 7) is 20.0. The lowest BCUT2D eigenvalue weighted by atomic mass is 9.71. The van der Waals surface area contributed by atoms with E-state index in [1.165, 1.54) is 27.7 Å². The topological polar surface area (TPSA) is 37.5 Å². The van der Waals surface area contributed by atoms with E-state index in [1.807, 2.05) is 0 Å². The molecule has 2 heterocycles. The average molecular weight is 448 g/mol. The van der Waals surface area contributed by atoms with Gasteiger partial charge in [-0.05, 0) is 64.0 Å². The Morgan fingerprint density at radius 1 is 1.27 bits per heavy atom. The van der Waals surface area contributed by atoms with Gasteiger partial charge in [-0.15, -0.1) is 6.58 Å². The molecule has 0 bridgehead atoms. The molecular formula is C28H41N5. The lowest BCUT2D eigenvalue weighted by molar-refractivity contribution is 0.0986. The van der Waals surface area contributed by atoms with Crippen LogP contribution >= 0.6 is 0 Å². The van der Waals surface area contributed by atoms with Crippen LogP contribution in [-0.2, 0) is 6.42 Å². The van der Waals surface area contributed by atoms with Crippen molar-refractivity contribution in [2.75, 3.05) is 46.8 Å². The predicted octanol–water partition coefficient (Wildman–Crippen LogP) is 4.53. The average Bonchev–Trinajstić information content (AvgIpc) is 3.21. The minimum absolute atomic E-state index is 0.386. The van der Waals surface area contributed by atoms with Crippen LogP contribution in [0.1, 0.15) is 36.8 Å². The second-order valence-corrected chi connectivity index (χ2v) is 9.91. The molecule has 0 spiro atoms. The Labute approximate surface area is 199 Å². The summed E-state index contributed by atoms with van der Waals surface area (Å²) in [5.41, 5.74) is 5.41. The number of nitrogens with zero attached hydrogens (tertiary/aromatic N) is 3. The molecule has 1 saturated heterocycles. The van der Waals surface area contributed by atoms with Crippen LogP contribution in [0.15, 0.2) is 61.7 Å². The fourth-order valence-corrected chi connectivity index (χ4v) is 5.93. The third kappa shape index (κ3) is 4.75. The van der Waals surface area contributed by atoms with Crippen LogP contribution < -0.4 is 5.32 Å². The van der Waals surface area contributed by atoms with E-state index in [4.69, 9.17) is 0 Å². The first-order valence-corrected chi connectivity index (χ1v) is 12.4. The number of nitrogens with one attached hydrogen (secondary N) is 2. The minimum Gasteiger partial charge on any atom is -0.372 e. The fraction of sp³-hybridized carbons (Fsp3) is 0.500. The highest BCUT2D eigenvalue weighted by Crippen LogP contribution is 2.46. The second-order valence-electron chi connectivity index (χ2n) is 9.91. The molecule has 2 N–H and O–H groups in total. The van der Waals surface area contributed by atoms with Crippen LogP contribution in [0.5, 0.6) is 0 Å². The van der Waals surface area contributed by atoms with Gasteiger partial charge in [-0.1, -0.05) is 31.4 Å². The highest BCUT2D eigenvalue weighted by Gasteiger charge is 2.41. The zero-order valence-corrected chi connectivity index (χ0v) is 20.7. The maximum absolute atomic E-state index is 4.65. The Morgan fingerprint density at radius 2 is 2.09 bits per heavy atom. The van der Waals surface area contributed by atoms with Crippen molar-refractivity contribution in [3.05, 3.63) is 72.9 Å². The first-order valence-electron chi connectivity index (χ1n) is 12.4. The molecule has 1 aliphatic heterocycles. The Morgan fingerprint density at radius 3 is 2.82 bits per heavy atom. The van der Waals surface area contributed by atoms with Gasteiger partial charge in [0.15, 0.2) is 0 Å². The molecule has 2 aliphatic rings. The number of hydrogen-bond donors (Lipinski definition) is 2. The van der Waals surface area contributed by atoms with Gasteiger partial charge in [-0.25, -0.2) is 0 Å². The van der Waals surface area contributed by atoms with Crippen molar-refractivity contribution >= 4 is 10.9 Å². The largest absolute Gasteiger partial charge is 0.372 e. The molecule has 4 rings (SSSR count). The van der Waals surface area contributed by atoms with E-state index in [9.17, 15) is 0 Å². The number of fused-ring (bicyclic) bond motifs is 2. The molecule has 0 saturated carbocycles. The van der Waals surface area contributed by atoms with Crippen LogP contribution in [0.3, 0.4) is 0 Å². The summed E-state index contributed by atoms with van der Waals surface area (Å²) in [4.78, 5) is 10.7. The van der Waals surface area contributed by atoms with E-state index in [0.29, 0.717) is 17.9 Å². The molecule has 1 aliphatic carbocycles. The maximum Gasteiger partial charge on any atom is 0.0981 e. The van der Waals surface area contributed by atoms with Gasteiger partial charge in [0.2, 0.25) is 0 Å². The molecule has 178 valence electrons. The van der Waals surface area contributed by atoms with E-state index in [2.05, 4.69) is 96.2 Å². The molecule has 3 atom stereocenters. The van der Waals surface area contributed by atoms with Crippen LogP contribution in [0.25, 0.3) is 10.9 Å². The summed E-state index contributed by atoms with van der Waals surface area (Å²) >= 11 is 0. The normalized spacial score (nSPS) is 22.2. The van der Waals surface area contributed by atoms with Crippen molar-refractivity contribution in [3.8, 4) is 0 Å². The molecule has 5 nitrogen and oxygen atoms in total. The van der Waals surface area contributed by atoms with E-state index in [1.54, 1.807) is 0 Å². The summed E-state index contributed by atoms with van der Waals surface area (Å²) in [5.74, 6) is 1.86. The molecule has 0 radical (unpaired) electrons. The first kappa shape index (κ1) is 23.7. The van der Waals surface area contributed by atoms with E-state index in [-0.39, 0.29) is 0 Å². The number of aromatic nitrogens is 1. The van der Waals surface area contributed by atoms with Gasteiger partial charge in [-0.3, -0.25) is 4.90 Å². The predicted molar refractivity (Wildman–Crippen MR) is 140 cm³/mol. The Balaban J connectivity index is 1.61. The number of H-pyrrole nitrogens is 1. The number of hydrogen-bond acceptors (Lipinski definition) is 4. The van der Waals surface area contributed by atoms with Crippen molar-refractivity contribution in [1.29, 1.82) is 0 Å². The van der Waals surface area contributed by atoms with Crippen LogP contribution in [0.2, 0.25) is 0 Å². The molecule has 1 aromatic carbocycles. The number of rotatable bonds is 11. The summed E-state index contributed by atoms with van der Waals surface area (Å²) in [5, 5.41) is 4.89. The summed E-state index contributed by atoms with van der Waals surface area (Å²) in [7, 11) is 4.26. The number of piperidine rings is 1. The number of aromatic amines is 1. The molecule has 1 fully saturated rings. The van der Waals surface area contributed by atoms with Crippen LogP contribution in [0, 0.1) is 5.92 Å². The fourth-order valence-electron chi connectivity index (χ4n) is 5.93. The Kier molecular flexibility index (Phi) is 7.30. The Hall–Kier alpha value is -2.50. The van der Waals surface area contributed by atoms with Gasteiger partial charge in [0.1, 0.15) is 0 Å². The molecule has 33 heavy (non-hydrogen) atoms. The van der Waals surface area contributed by atoms with Crippen molar-refractivity contribution in [2.45, 2.75) is 38.1 Å². The summed E-state index contributed by atoms with van der Waals surface area (Å²) in [6.07, 6.45) is 7.59. The van der Waals surface area contributed by atoms with Gasteiger partial charge in [0.25, 0.3) is 0 Å². The number of likely N-dealkylation sites (tertiary alicyclic amines) is 1. The number of benzene rings is 1. The lowest BCUT2D eigenvalue weighted by Crippen LogP contribution is -2.51. The van der Waals surface area contributed by atoms with Crippen molar-refractivity contribution < 1.29 is 0 Å². The molecule has 0 amide bonds. The van der Waals surface area contributed by atoms with Gasteiger partial charge in [0.05, 0.1) is 5.82 Å². The molecule has 1 aromatic heterocycles. The standard InChI is InChI=1S/C28H41N5/c1-7-13-32-19-23(20(3)33(21(4)29-8-2)15-10-14-31(5)6)16-25-24-11-9-12-26-28(24)22(18-30-26)17-27(25)32/h7,9,11-12,18,23,25,27,29-30H,1,3-4,8,10,13-17,19H2,2,5-6H3. The van der Waals surface area contributed by atoms with Gasteiger partial charge in [0, 0.05) is 66.9 Å². The second kappa shape index (κ2) is 10.2. The highest BCUT2D eigenvalue weighted by molar-refractivity contribution is 5.88. The van der Waals surface area contributed by atoms with Crippen molar-refractivity contribution in [3.63, 3.8) is 0 Å². The SMILES string of the molecule is C=CCN1CC(C(=C)N(CCCN(C)C)C(=C)NCC)CC2c3cccc4[nH]cc(c34)CC21. The van der Waals surface area contributed by atoms with Crippen molar-refractivity contribution in [1.82, 2.24) is 25.0 Å². The van der Waals surface area contributed by atoms with E-state index in [0.717, 1.165) is 57.8 Å².